The van der Waals surface area contributed by atoms with E-state index < -0.39 is 4.92 Å². The van der Waals surface area contributed by atoms with Gasteiger partial charge in [0.05, 0.1) is 17.2 Å². The number of aromatic nitrogens is 2. The standard InChI is InChI=1S/C15H16N4O3/c1-2-18-14(8-9-17-18)11-16-15(20)7-6-12-4-3-5-13(10-12)19(21)22/h3-10H,2,11H2,1H3,(H,16,20)/b7-6+. The number of amides is 1. The third-order valence-electron chi connectivity index (χ3n) is 3.06. The van der Waals surface area contributed by atoms with Crippen LogP contribution in [0.15, 0.2) is 42.6 Å². The molecule has 2 rings (SSSR count). The Morgan fingerprint density at radius 3 is 3.00 bits per heavy atom. The van der Waals surface area contributed by atoms with E-state index in [-0.39, 0.29) is 11.6 Å². The van der Waals surface area contributed by atoms with Gasteiger partial charge in [-0.15, -0.1) is 0 Å². The van der Waals surface area contributed by atoms with Gasteiger partial charge in [-0.3, -0.25) is 19.6 Å². The fourth-order valence-corrected chi connectivity index (χ4v) is 1.95. The average molecular weight is 300 g/mol. The number of aryl methyl sites for hydroxylation is 1. The molecular formula is C15H16N4O3. The lowest BCUT2D eigenvalue weighted by atomic mass is 10.2. The first-order valence-corrected chi connectivity index (χ1v) is 6.81. The number of nitrogens with one attached hydrogen (secondary N) is 1. The second kappa shape index (κ2) is 7.16. The van der Waals surface area contributed by atoms with Gasteiger partial charge in [0, 0.05) is 31.0 Å². The maximum atomic E-state index is 11.8. The van der Waals surface area contributed by atoms with E-state index in [0.29, 0.717) is 12.1 Å². The van der Waals surface area contributed by atoms with Gasteiger partial charge in [0.25, 0.3) is 5.69 Å². The van der Waals surface area contributed by atoms with Crippen LogP contribution in [0.3, 0.4) is 0 Å². The molecular weight excluding hydrogens is 284 g/mol. The minimum atomic E-state index is -0.469. The number of hydrogen-bond donors (Lipinski definition) is 1. The Labute approximate surface area is 127 Å². The van der Waals surface area contributed by atoms with E-state index >= 15 is 0 Å². The van der Waals surface area contributed by atoms with Crippen LogP contribution in [0.4, 0.5) is 5.69 Å². The third kappa shape index (κ3) is 4.02. The van der Waals surface area contributed by atoms with Crippen molar-refractivity contribution in [1.82, 2.24) is 15.1 Å². The minimum absolute atomic E-state index is 0.00518. The Kier molecular flexibility index (Phi) is 5.02. The molecule has 0 spiro atoms. The number of hydrogen-bond acceptors (Lipinski definition) is 4. The average Bonchev–Trinajstić information content (AvgIpc) is 2.98. The number of rotatable bonds is 6. The molecule has 0 atom stereocenters. The highest BCUT2D eigenvalue weighted by Gasteiger charge is 2.05. The van der Waals surface area contributed by atoms with Gasteiger partial charge in [0.15, 0.2) is 0 Å². The Morgan fingerprint density at radius 2 is 2.27 bits per heavy atom. The number of nitro groups is 1. The molecule has 0 unspecified atom stereocenters. The summed E-state index contributed by atoms with van der Waals surface area (Å²) in [6, 6.07) is 7.94. The summed E-state index contributed by atoms with van der Waals surface area (Å²) >= 11 is 0. The molecule has 0 aliphatic rings. The normalized spacial score (nSPS) is 10.8. The predicted octanol–water partition coefficient (Wildman–Crippen LogP) is 2.14. The topological polar surface area (TPSA) is 90.1 Å². The Balaban J connectivity index is 1.94. The third-order valence-corrected chi connectivity index (χ3v) is 3.06. The number of nitrogens with zero attached hydrogens (tertiary/aromatic N) is 3. The highest BCUT2D eigenvalue weighted by atomic mass is 16.6. The number of nitro benzene ring substituents is 1. The van der Waals surface area contributed by atoms with Crippen LogP contribution in [-0.2, 0) is 17.9 Å². The van der Waals surface area contributed by atoms with Crippen LogP contribution in [0, 0.1) is 10.1 Å². The van der Waals surface area contributed by atoms with Crippen molar-refractivity contribution < 1.29 is 9.72 Å². The molecule has 0 aliphatic heterocycles. The van der Waals surface area contributed by atoms with Gasteiger partial charge in [-0.1, -0.05) is 12.1 Å². The summed E-state index contributed by atoms with van der Waals surface area (Å²) in [5.74, 6) is -0.268. The summed E-state index contributed by atoms with van der Waals surface area (Å²) in [6.07, 6.45) is 4.58. The van der Waals surface area contributed by atoms with Crippen molar-refractivity contribution in [2.45, 2.75) is 20.0 Å². The van der Waals surface area contributed by atoms with Crippen LogP contribution >= 0.6 is 0 Å². The Hall–Kier alpha value is -2.96. The first-order valence-electron chi connectivity index (χ1n) is 6.81. The molecule has 1 aromatic heterocycles. The number of non-ortho nitro benzene ring substituents is 1. The summed E-state index contributed by atoms with van der Waals surface area (Å²) in [5, 5.41) is 17.5. The zero-order valence-electron chi connectivity index (χ0n) is 12.1. The quantitative estimate of drug-likeness (QED) is 0.503. The van der Waals surface area contributed by atoms with Crippen molar-refractivity contribution in [3.63, 3.8) is 0 Å². The van der Waals surface area contributed by atoms with Crippen LogP contribution in [0.25, 0.3) is 6.08 Å². The van der Waals surface area contributed by atoms with Crippen LogP contribution in [0.1, 0.15) is 18.2 Å². The molecule has 7 nitrogen and oxygen atoms in total. The number of carbonyl (C=O) groups excluding carboxylic acids is 1. The van der Waals surface area contributed by atoms with E-state index in [0.717, 1.165) is 12.2 Å². The Bertz CT molecular complexity index is 706. The largest absolute Gasteiger partial charge is 0.347 e. The molecule has 0 fully saturated rings. The van der Waals surface area contributed by atoms with E-state index in [1.54, 1.807) is 29.1 Å². The highest BCUT2D eigenvalue weighted by molar-refractivity contribution is 5.91. The van der Waals surface area contributed by atoms with E-state index in [1.807, 2.05) is 13.0 Å². The van der Waals surface area contributed by atoms with Gasteiger partial charge in [0.1, 0.15) is 0 Å². The van der Waals surface area contributed by atoms with Crippen LogP contribution in [0.2, 0.25) is 0 Å². The summed E-state index contributed by atoms with van der Waals surface area (Å²) < 4.78 is 1.80. The SMILES string of the molecule is CCn1nccc1CNC(=O)/C=C/c1cccc([N+](=O)[O-])c1. The maximum Gasteiger partial charge on any atom is 0.270 e. The molecule has 22 heavy (non-hydrogen) atoms. The molecule has 7 heteroatoms. The second-order valence-corrected chi connectivity index (χ2v) is 4.54. The zero-order valence-corrected chi connectivity index (χ0v) is 12.1. The molecule has 1 amide bonds. The number of carbonyl (C=O) groups is 1. The van der Waals surface area contributed by atoms with E-state index in [1.165, 1.54) is 18.2 Å². The molecule has 0 saturated heterocycles. The Morgan fingerprint density at radius 1 is 1.45 bits per heavy atom. The second-order valence-electron chi connectivity index (χ2n) is 4.54. The summed E-state index contributed by atoms with van der Waals surface area (Å²) in [4.78, 5) is 22.0. The van der Waals surface area contributed by atoms with Gasteiger partial charge in [-0.05, 0) is 24.6 Å². The molecule has 114 valence electrons. The van der Waals surface area contributed by atoms with Crippen molar-refractivity contribution in [3.8, 4) is 0 Å². The van der Waals surface area contributed by atoms with Gasteiger partial charge in [-0.25, -0.2) is 0 Å². The fraction of sp³-hybridized carbons (Fsp3) is 0.200. The summed E-state index contributed by atoms with van der Waals surface area (Å²) in [7, 11) is 0. The first-order chi connectivity index (χ1) is 10.6. The lowest BCUT2D eigenvalue weighted by Gasteiger charge is -2.04. The maximum absolute atomic E-state index is 11.8. The molecule has 0 aliphatic carbocycles. The van der Waals surface area contributed by atoms with E-state index in [4.69, 9.17) is 0 Å². The van der Waals surface area contributed by atoms with Crippen LogP contribution < -0.4 is 5.32 Å². The van der Waals surface area contributed by atoms with Crippen molar-refractivity contribution >= 4 is 17.7 Å². The first kappa shape index (κ1) is 15.4. The minimum Gasteiger partial charge on any atom is -0.347 e. The lowest BCUT2D eigenvalue weighted by Crippen LogP contribution is -2.22. The zero-order chi connectivity index (χ0) is 15.9. The van der Waals surface area contributed by atoms with Crippen LogP contribution in [-0.4, -0.2) is 20.6 Å². The van der Waals surface area contributed by atoms with Crippen molar-refractivity contribution in [3.05, 3.63) is 64.0 Å². The summed E-state index contributed by atoms with van der Waals surface area (Å²) in [6.45, 7) is 3.09. The van der Waals surface area contributed by atoms with Gasteiger partial charge < -0.3 is 5.32 Å². The van der Waals surface area contributed by atoms with E-state index in [9.17, 15) is 14.9 Å². The van der Waals surface area contributed by atoms with Crippen LogP contribution in [0.5, 0.6) is 0 Å². The van der Waals surface area contributed by atoms with E-state index in [2.05, 4.69) is 10.4 Å². The number of benzene rings is 1. The van der Waals surface area contributed by atoms with Crippen molar-refractivity contribution in [2.75, 3.05) is 0 Å². The molecule has 2 aromatic rings. The molecule has 1 aromatic carbocycles. The van der Waals surface area contributed by atoms with Gasteiger partial charge in [0.2, 0.25) is 5.91 Å². The van der Waals surface area contributed by atoms with Crippen molar-refractivity contribution in [2.24, 2.45) is 0 Å². The molecule has 0 radical (unpaired) electrons. The molecule has 1 N–H and O–H groups in total. The molecule has 0 saturated carbocycles. The predicted molar refractivity (Wildman–Crippen MR) is 81.9 cm³/mol. The lowest BCUT2D eigenvalue weighted by molar-refractivity contribution is -0.384. The van der Waals surface area contributed by atoms with Gasteiger partial charge in [-0.2, -0.15) is 5.10 Å². The highest BCUT2D eigenvalue weighted by Crippen LogP contribution is 2.13. The summed E-state index contributed by atoms with van der Waals surface area (Å²) in [5.41, 5.74) is 1.51. The smallest absolute Gasteiger partial charge is 0.270 e. The van der Waals surface area contributed by atoms with Gasteiger partial charge >= 0.3 is 0 Å². The molecule has 0 bridgehead atoms. The van der Waals surface area contributed by atoms with Crippen molar-refractivity contribution in [1.29, 1.82) is 0 Å². The monoisotopic (exact) mass is 300 g/mol. The fourth-order valence-electron chi connectivity index (χ4n) is 1.95. The molecule has 1 heterocycles.